The Hall–Kier alpha value is -0.550. The normalized spacial score (nSPS) is 12.3. The van der Waals surface area contributed by atoms with E-state index in [4.69, 9.17) is 10.7 Å². The molecule has 0 saturated heterocycles. The van der Waals surface area contributed by atoms with Crippen molar-refractivity contribution in [1.82, 2.24) is 9.78 Å². The Morgan fingerprint density at radius 3 is 2.35 bits per heavy atom. The minimum absolute atomic E-state index is 0.0872. The van der Waals surface area contributed by atoms with Crippen molar-refractivity contribution in [1.29, 1.82) is 0 Å². The molecule has 1 rings (SSSR count). The molecule has 0 aliphatic carbocycles. The molecular formula is C11H19ClN2O2S. The van der Waals surface area contributed by atoms with Crippen molar-refractivity contribution in [2.75, 3.05) is 0 Å². The average molecular weight is 279 g/mol. The lowest BCUT2D eigenvalue weighted by Crippen LogP contribution is -2.13. The quantitative estimate of drug-likeness (QED) is 0.751. The molecule has 0 bridgehead atoms. The van der Waals surface area contributed by atoms with Gasteiger partial charge >= 0.3 is 0 Å². The van der Waals surface area contributed by atoms with Crippen molar-refractivity contribution in [2.45, 2.75) is 57.5 Å². The lowest BCUT2D eigenvalue weighted by atomic mass is 10.2. The molecule has 0 aliphatic rings. The zero-order chi connectivity index (χ0) is 13.1. The van der Waals surface area contributed by atoms with Crippen molar-refractivity contribution >= 4 is 19.7 Å². The van der Waals surface area contributed by atoms with Crippen LogP contribution in [0.15, 0.2) is 11.1 Å². The van der Waals surface area contributed by atoms with E-state index in [9.17, 15) is 8.42 Å². The van der Waals surface area contributed by atoms with Crippen LogP contribution >= 0.6 is 10.7 Å². The van der Waals surface area contributed by atoms with E-state index in [1.807, 2.05) is 20.8 Å². The number of hydrogen-bond donors (Lipinski definition) is 0. The third-order valence-electron chi connectivity index (χ3n) is 2.80. The van der Waals surface area contributed by atoms with Gasteiger partial charge in [-0.15, -0.1) is 0 Å². The highest BCUT2D eigenvalue weighted by Crippen LogP contribution is 2.24. The third-order valence-corrected chi connectivity index (χ3v) is 4.08. The van der Waals surface area contributed by atoms with Crippen LogP contribution in [0.3, 0.4) is 0 Å². The van der Waals surface area contributed by atoms with Gasteiger partial charge in [0.05, 0.1) is 11.7 Å². The summed E-state index contributed by atoms with van der Waals surface area (Å²) in [4.78, 5) is 0. The molecule has 17 heavy (non-hydrogen) atoms. The second-order valence-corrected chi connectivity index (χ2v) is 6.59. The zero-order valence-electron chi connectivity index (χ0n) is 10.5. The summed E-state index contributed by atoms with van der Waals surface area (Å²) in [7, 11) is 1.72. The van der Waals surface area contributed by atoms with Crippen molar-refractivity contribution in [3.8, 4) is 0 Å². The highest BCUT2D eigenvalue weighted by molar-refractivity contribution is 8.13. The van der Waals surface area contributed by atoms with Crippen LogP contribution in [0.5, 0.6) is 0 Å². The topological polar surface area (TPSA) is 52.0 Å². The monoisotopic (exact) mass is 278 g/mol. The lowest BCUT2D eigenvalue weighted by molar-refractivity contribution is 0.394. The molecule has 1 aromatic rings. The van der Waals surface area contributed by atoms with Crippen LogP contribution in [-0.4, -0.2) is 18.2 Å². The van der Waals surface area contributed by atoms with E-state index in [-0.39, 0.29) is 11.1 Å². The van der Waals surface area contributed by atoms with Crippen molar-refractivity contribution in [2.24, 2.45) is 0 Å². The van der Waals surface area contributed by atoms with Crippen molar-refractivity contribution in [3.63, 3.8) is 0 Å². The Bertz CT molecular complexity index is 464. The van der Waals surface area contributed by atoms with Gasteiger partial charge in [-0.05, 0) is 25.3 Å². The smallest absolute Gasteiger partial charge is 0.250 e. The van der Waals surface area contributed by atoms with Crippen LogP contribution in [0.1, 0.15) is 51.8 Å². The van der Waals surface area contributed by atoms with Gasteiger partial charge in [-0.2, -0.15) is 5.10 Å². The second kappa shape index (κ2) is 5.87. The largest absolute Gasteiger partial charge is 0.278 e. The van der Waals surface area contributed by atoms with Crippen LogP contribution in [0.4, 0.5) is 0 Å². The number of aryl methyl sites for hydroxylation is 1. The van der Waals surface area contributed by atoms with E-state index in [2.05, 4.69) is 5.10 Å². The Morgan fingerprint density at radius 1 is 1.35 bits per heavy atom. The standard InChI is InChI=1S/C11H19ClN2O2S/c1-4-7-9-8-11(17(12,15)16)14(13-9)10(5-2)6-3/h8,10H,4-7H2,1-3H3. The molecule has 0 aromatic carbocycles. The average Bonchev–Trinajstić information content (AvgIpc) is 2.64. The van der Waals surface area contributed by atoms with Crippen molar-refractivity contribution < 1.29 is 8.42 Å². The molecule has 0 aliphatic heterocycles. The molecule has 0 unspecified atom stereocenters. The predicted octanol–water partition coefficient (Wildman–Crippen LogP) is 3.12. The third kappa shape index (κ3) is 3.45. The maximum absolute atomic E-state index is 11.5. The summed E-state index contributed by atoms with van der Waals surface area (Å²) >= 11 is 0. The predicted molar refractivity (Wildman–Crippen MR) is 68.9 cm³/mol. The number of aromatic nitrogens is 2. The van der Waals surface area contributed by atoms with Crippen LogP contribution in [0, 0.1) is 0 Å². The Morgan fingerprint density at radius 2 is 1.94 bits per heavy atom. The first-order valence-corrected chi connectivity index (χ1v) is 8.28. The highest BCUT2D eigenvalue weighted by atomic mass is 35.7. The summed E-state index contributed by atoms with van der Waals surface area (Å²) in [6.45, 7) is 6.06. The van der Waals surface area contributed by atoms with Gasteiger partial charge in [0.1, 0.15) is 0 Å². The van der Waals surface area contributed by atoms with E-state index in [0.29, 0.717) is 0 Å². The summed E-state index contributed by atoms with van der Waals surface area (Å²) in [5.74, 6) is 0. The van der Waals surface area contributed by atoms with Crippen LogP contribution in [-0.2, 0) is 15.5 Å². The van der Waals surface area contributed by atoms with Gasteiger partial charge in [-0.1, -0.05) is 27.2 Å². The van der Waals surface area contributed by atoms with Gasteiger partial charge in [0.2, 0.25) is 0 Å². The summed E-state index contributed by atoms with van der Waals surface area (Å²) in [5, 5.41) is 4.48. The lowest BCUT2D eigenvalue weighted by Gasteiger charge is -2.15. The first-order chi connectivity index (χ1) is 7.93. The van der Waals surface area contributed by atoms with Crippen LogP contribution in [0.25, 0.3) is 0 Å². The highest BCUT2D eigenvalue weighted by Gasteiger charge is 2.22. The van der Waals surface area contributed by atoms with E-state index in [1.165, 1.54) is 0 Å². The molecule has 1 aromatic heterocycles. The molecule has 0 N–H and O–H groups in total. The Kier molecular flexibility index (Phi) is 5.01. The molecular weight excluding hydrogens is 260 g/mol. The minimum Gasteiger partial charge on any atom is -0.250 e. The van der Waals surface area contributed by atoms with Crippen LogP contribution < -0.4 is 0 Å². The van der Waals surface area contributed by atoms with E-state index >= 15 is 0 Å². The number of halogens is 1. The number of nitrogens with zero attached hydrogens (tertiary/aromatic N) is 2. The van der Waals surface area contributed by atoms with E-state index in [0.717, 1.165) is 31.4 Å². The fourth-order valence-corrected chi connectivity index (χ4v) is 2.92. The van der Waals surface area contributed by atoms with Gasteiger partial charge in [-0.3, -0.25) is 0 Å². The molecule has 0 radical (unpaired) electrons. The summed E-state index contributed by atoms with van der Waals surface area (Å²) in [6, 6.07) is 1.67. The number of rotatable bonds is 6. The molecule has 0 atom stereocenters. The van der Waals surface area contributed by atoms with Gasteiger partial charge in [0.25, 0.3) is 9.05 Å². The minimum atomic E-state index is -3.72. The molecule has 0 fully saturated rings. The molecule has 0 amide bonds. The van der Waals surface area contributed by atoms with Gasteiger partial charge < -0.3 is 0 Å². The second-order valence-electron chi connectivity index (χ2n) is 4.08. The Labute approximate surface area is 107 Å². The van der Waals surface area contributed by atoms with Gasteiger partial charge in [0.15, 0.2) is 5.03 Å². The first-order valence-electron chi connectivity index (χ1n) is 5.97. The van der Waals surface area contributed by atoms with Crippen molar-refractivity contribution in [3.05, 3.63) is 11.8 Å². The molecule has 0 spiro atoms. The SMILES string of the molecule is CCCc1cc(S(=O)(=O)Cl)n(C(CC)CC)n1. The fourth-order valence-electron chi connectivity index (χ4n) is 1.88. The summed E-state index contributed by atoms with van der Waals surface area (Å²) < 4.78 is 24.6. The maximum Gasteiger partial charge on any atom is 0.278 e. The van der Waals surface area contributed by atoms with Crippen LogP contribution in [0.2, 0.25) is 0 Å². The summed E-state index contributed by atoms with van der Waals surface area (Å²) in [6.07, 6.45) is 3.38. The van der Waals surface area contributed by atoms with Gasteiger partial charge in [0, 0.05) is 10.7 Å². The fraction of sp³-hybridized carbons (Fsp3) is 0.727. The first kappa shape index (κ1) is 14.5. The number of hydrogen-bond acceptors (Lipinski definition) is 3. The maximum atomic E-state index is 11.5. The van der Waals surface area contributed by atoms with E-state index < -0.39 is 9.05 Å². The molecule has 98 valence electrons. The molecule has 6 heteroatoms. The molecule has 1 heterocycles. The van der Waals surface area contributed by atoms with Gasteiger partial charge in [-0.25, -0.2) is 13.1 Å². The summed E-state index contributed by atoms with van der Waals surface area (Å²) in [5.41, 5.74) is 0.790. The molecule has 4 nitrogen and oxygen atoms in total. The zero-order valence-corrected chi connectivity index (χ0v) is 12.1. The Balaban J connectivity index is 3.26. The van der Waals surface area contributed by atoms with E-state index in [1.54, 1.807) is 10.7 Å². The molecule has 0 saturated carbocycles.